The van der Waals surface area contributed by atoms with E-state index in [-0.39, 0.29) is 11.4 Å². The van der Waals surface area contributed by atoms with Crippen LogP contribution in [0.5, 0.6) is 17.2 Å². The number of pyridine rings is 1. The summed E-state index contributed by atoms with van der Waals surface area (Å²) < 4.78 is 12.2. The highest BCUT2D eigenvalue weighted by molar-refractivity contribution is 6.31. The second-order valence-electron chi connectivity index (χ2n) is 6.31. The molecule has 1 amide bonds. The first-order valence-electron chi connectivity index (χ1n) is 9.20. The quantitative estimate of drug-likeness (QED) is 0.411. The van der Waals surface area contributed by atoms with E-state index in [4.69, 9.17) is 21.1 Å². The molecule has 0 spiro atoms. The third-order valence-corrected chi connectivity index (χ3v) is 4.31. The van der Waals surface area contributed by atoms with E-state index < -0.39 is 22.9 Å². The molecule has 0 fully saturated rings. The lowest BCUT2D eigenvalue weighted by Crippen LogP contribution is -2.27. The number of hydrogen-bond donors (Lipinski definition) is 1. The molecule has 160 valence electrons. The molecule has 0 radical (unpaired) electrons. The number of ether oxygens (including phenoxy) is 2. The number of carbonyl (C=O) groups is 1. The summed E-state index contributed by atoms with van der Waals surface area (Å²) in [4.78, 5) is 34.7. The van der Waals surface area contributed by atoms with Crippen LogP contribution in [0, 0.1) is 10.1 Å². The van der Waals surface area contributed by atoms with Crippen LogP contribution in [0.3, 0.4) is 0 Å². The van der Waals surface area contributed by atoms with Crippen molar-refractivity contribution in [1.29, 1.82) is 0 Å². The Morgan fingerprint density at radius 1 is 1.13 bits per heavy atom. The van der Waals surface area contributed by atoms with Gasteiger partial charge in [0, 0.05) is 17.2 Å². The van der Waals surface area contributed by atoms with Crippen molar-refractivity contribution in [2.45, 2.75) is 13.5 Å². The number of anilines is 1. The molecule has 3 rings (SSSR count). The highest BCUT2D eigenvalue weighted by Gasteiger charge is 2.14. The molecule has 1 aromatic heterocycles. The van der Waals surface area contributed by atoms with Gasteiger partial charge in [-0.15, -0.1) is 0 Å². The van der Waals surface area contributed by atoms with Gasteiger partial charge in [-0.05, 0) is 49.4 Å². The van der Waals surface area contributed by atoms with Crippen molar-refractivity contribution in [2.24, 2.45) is 0 Å². The Morgan fingerprint density at radius 2 is 1.84 bits per heavy atom. The third kappa shape index (κ3) is 5.83. The van der Waals surface area contributed by atoms with Crippen molar-refractivity contribution in [3.63, 3.8) is 0 Å². The Morgan fingerprint density at radius 3 is 2.52 bits per heavy atom. The van der Waals surface area contributed by atoms with Crippen LogP contribution in [-0.4, -0.2) is 22.0 Å². The lowest BCUT2D eigenvalue weighted by Gasteiger charge is -2.14. The number of benzene rings is 2. The number of nitrogens with one attached hydrogen (secondary N) is 1. The number of hydrogen-bond acceptors (Lipinski definition) is 6. The van der Waals surface area contributed by atoms with E-state index in [0.717, 1.165) is 22.9 Å². The Kier molecular flexibility index (Phi) is 6.88. The number of amides is 1. The maximum Gasteiger partial charge on any atom is 0.285 e. The van der Waals surface area contributed by atoms with Crippen LogP contribution in [0.1, 0.15) is 6.92 Å². The summed E-state index contributed by atoms with van der Waals surface area (Å²) >= 11 is 6.05. The first-order valence-corrected chi connectivity index (χ1v) is 9.58. The van der Waals surface area contributed by atoms with Gasteiger partial charge >= 0.3 is 0 Å². The van der Waals surface area contributed by atoms with Gasteiger partial charge in [0.05, 0.1) is 23.4 Å². The molecule has 0 aliphatic rings. The summed E-state index contributed by atoms with van der Waals surface area (Å²) in [5, 5.41) is 13.9. The van der Waals surface area contributed by atoms with Crippen LogP contribution in [0.2, 0.25) is 5.02 Å². The van der Waals surface area contributed by atoms with Crippen LogP contribution in [-0.2, 0) is 11.3 Å². The van der Waals surface area contributed by atoms with Crippen molar-refractivity contribution in [3.8, 4) is 17.2 Å². The monoisotopic (exact) mass is 443 g/mol. The van der Waals surface area contributed by atoms with Crippen molar-refractivity contribution >= 4 is 28.9 Å². The Labute approximate surface area is 181 Å². The lowest BCUT2D eigenvalue weighted by molar-refractivity contribution is -0.385. The van der Waals surface area contributed by atoms with Gasteiger partial charge in [-0.25, -0.2) is 0 Å². The van der Waals surface area contributed by atoms with E-state index in [2.05, 4.69) is 5.32 Å². The maximum absolute atomic E-state index is 12.5. The van der Waals surface area contributed by atoms with Gasteiger partial charge in [0.2, 0.25) is 5.91 Å². The van der Waals surface area contributed by atoms with Gasteiger partial charge in [-0.2, -0.15) is 0 Å². The second kappa shape index (κ2) is 9.77. The molecule has 1 N–H and O–H groups in total. The molecule has 0 saturated carbocycles. The van der Waals surface area contributed by atoms with Gasteiger partial charge in [-0.1, -0.05) is 11.6 Å². The lowest BCUT2D eigenvalue weighted by atomic mass is 10.2. The molecule has 3 aromatic rings. The average molecular weight is 444 g/mol. The maximum atomic E-state index is 12.5. The summed E-state index contributed by atoms with van der Waals surface area (Å²) in [6, 6.07) is 13.7. The summed E-state index contributed by atoms with van der Waals surface area (Å²) in [5.74, 6) is 0.952. The second-order valence-corrected chi connectivity index (χ2v) is 6.74. The van der Waals surface area contributed by atoms with Gasteiger partial charge in [-0.3, -0.25) is 24.3 Å². The van der Waals surface area contributed by atoms with Crippen LogP contribution in [0.4, 0.5) is 11.4 Å². The number of aromatic nitrogens is 1. The zero-order valence-electron chi connectivity index (χ0n) is 16.4. The molecule has 2 aromatic carbocycles. The van der Waals surface area contributed by atoms with E-state index in [0.29, 0.717) is 28.9 Å². The molecule has 0 atom stereocenters. The highest BCUT2D eigenvalue weighted by atomic mass is 35.5. The molecule has 9 nitrogen and oxygen atoms in total. The normalized spacial score (nSPS) is 10.4. The van der Waals surface area contributed by atoms with Gasteiger partial charge in [0.15, 0.2) is 5.75 Å². The highest BCUT2D eigenvalue weighted by Crippen LogP contribution is 2.32. The third-order valence-electron chi connectivity index (χ3n) is 4.07. The molecule has 0 aliphatic heterocycles. The summed E-state index contributed by atoms with van der Waals surface area (Å²) in [7, 11) is 0. The van der Waals surface area contributed by atoms with E-state index in [1.54, 1.807) is 36.4 Å². The number of nitrogens with zero attached hydrogens (tertiary/aromatic N) is 2. The minimum Gasteiger partial charge on any atom is -0.494 e. The standard InChI is InChI=1S/C21H18ClN3O6/c1-2-30-16-5-7-17(8-6-16)31-19-9-3-14(22)11-18(19)23-20(26)13-24-12-15(25(28)29)4-10-21(24)27/h3-12H,2,13H2,1H3,(H,23,26). The van der Waals surface area contributed by atoms with Gasteiger partial charge in [0.1, 0.15) is 18.0 Å². The predicted molar refractivity (Wildman–Crippen MR) is 115 cm³/mol. The summed E-state index contributed by atoms with van der Waals surface area (Å²) in [6.07, 6.45) is 1.01. The molecular formula is C21H18ClN3O6. The smallest absolute Gasteiger partial charge is 0.285 e. The fourth-order valence-corrected chi connectivity index (χ4v) is 2.85. The summed E-state index contributed by atoms with van der Waals surface area (Å²) in [5.41, 5.74) is -0.558. The van der Waals surface area contributed by atoms with Crippen LogP contribution in [0.15, 0.2) is 65.6 Å². The topological polar surface area (TPSA) is 113 Å². The molecule has 0 aliphatic carbocycles. The van der Waals surface area contributed by atoms with Crippen molar-refractivity contribution < 1.29 is 19.2 Å². The molecule has 0 unspecified atom stereocenters. The predicted octanol–water partition coefficient (Wildman–Crippen LogP) is 4.24. The molecule has 31 heavy (non-hydrogen) atoms. The summed E-state index contributed by atoms with van der Waals surface area (Å²) in [6.45, 7) is 2.01. The first-order chi connectivity index (χ1) is 14.9. The molecular weight excluding hydrogens is 426 g/mol. The van der Waals surface area contributed by atoms with Gasteiger partial charge < -0.3 is 14.8 Å². The van der Waals surface area contributed by atoms with E-state index in [1.807, 2.05) is 6.92 Å². The van der Waals surface area contributed by atoms with Gasteiger partial charge in [0.25, 0.3) is 11.2 Å². The van der Waals surface area contributed by atoms with Crippen molar-refractivity contribution in [1.82, 2.24) is 4.57 Å². The minimum atomic E-state index is -0.645. The Hall–Kier alpha value is -3.85. The van der Waals surface area contributed by atoms with Crippen LogP contribution < -0.4 is 20.3 Å². The van der Waals surface area contributed by atoms with Crippen LogP contribution in [0.25, 0.3) is 0 Å². The molecule has 10 heteroatoms. The largest absolute Gasteiger partial charge is 0.494 e. The Bertz CT molecular complexity index is 1160. The molecule has 1 heterocycles. The number of halogens is 1. The van der Waals surface area contributed by atoms with Crippen LogP contribution >= 0.6 is 11.6 Å². The van der Waals surface area contributed by atoms with E-state index >= 15 is 0 Å². The van der Waals surface area contributed by atoms with Crippen molar-refractivity contribution in [3.05, 3.63) is 86.3 Å². The van der Waals surface area contributed by atoms with Crippen molar-refractivity contribution in [2.75, 3.05) is 11.9 Å². The number of carbonyl (C=O) groups excluding carboxylic acids is 1. The zero-order chi connectivity index (χ0) is 22.4. The van der Waals surface area contributed by atoms with E-state index in [1.165, 1.54) is 6.07 Å². The average Bonchev–Trinajstić information content (AvgIpc) is 2.73. The minimum absolute atomic E-state index is 0.282. The fraction of sp³-hybridized carbons (Fsp3) is 0.143. The molecule has 0 bridgehead atoms. The SMILES string of the molecule is CCOc1ccc(Oc2ccc(Cl)cc2NC(=O)Cn2cc([N+](=O)[O-])ccc2=O)cc1. The molecule has 0 saturated heterocycles. The number of nitro groups is 1. The fourth-order valence-electron chi connectivity index (χ4n) is 2.68. The number of rotatable bonds is 8. The van der Waals surface area contributed by atoms with E-state index in [9.17, 15) is 19.7 Å². The zero-order valence-corrected chi connectivity index (χ0v) is 17.2. The Balaban J connectivity index is 1.77. The first kappa shape index (κ1) is 21.8.